The number of anilines is 1. The number of halogens is 6. The lowest BCUT2D eigenvalue weighted by atomic mass is 9.92. The Bertz CT molecular complexity index is 792. The molecular weight excluding hydrogens is 400 g/mol. The molecule has 0 aliphatic carbocycles. The third kappa shape index (κ3) is 3.91. The van der Waals surface area contributed by atoms with Crippen molar-refractivity contribution < 1.29 is 50.5 Å². The highest BCUT2D eigenvalue weighted by Crippen LogP contribution is 2.50. The summed E-state index contributed by atoms with van der Waals surface area (Å²) < 4.78 is 87.2. The lowest BCUT2D eigenvalue weighted by Crippen LogP contribution is -2.53. The van der Waals surface area contributed by atoms with E-state index >= 15 is 0 Å². The van der Waals surface area contributed by atoms with E-state index in [-0.39, 0.29) is 5.69 Å². The van der Waals surface area contributed by atoms with Gasteiger partial charge in [0.25, 0.3) is 11.4 Å². The highest BCUT2D eigenvalue weighted by atomic mass is 19.4. The molecule has 1 fully saturated rings. The quantitative estimate of drug-likeness (QED) is 0.343. The molecule has 6 nitrogen and oxygen atoms in total. The second-order valence-electron chi connectivity index (χ2n) is 6.17. The van der Waals surface area contributed by atoms with E-state index in [9.17, 15) is 41.0 Å². The molecule has 0 unspecified atom stereocenters. The van der Waals surface area contributed by atoms with Crippen molar-refractivity contribution in [2.75, 3.05) is 5.32 Å². The molecule has 0 spiro atoms. The summed E-state index contributed by atoms with van der Waals surface area (Å²) in [5.74, 6) is -3.74. The van der Waals surface area contributed by atoms with Gasteiger partial charge in [-0.1, -0.05) is 12.1 Å². The summed E-state index contributed by atoms with van der Waals surface area (Å²) in [7, 11) is 0. The predicted octanol–water partition coefficient (Wildman–Crippen LogP) is 3.13. The van der Waals surface area contributed by atoms with Gasteiger partial charge in [0.05, 0.1) is 0 Å². The first-order valence-electron chi connectivity index (χ1n) is 7.48. The van der Waals surface area contributed by atoms with E-state index < -0.39 is 46.8 Å². The SMILES string of the molecule is CC1(C)OC(=O)C(=CNc2cccc(C(O)(C(F)(F)F)C(F)(F)F)c2)C(=O)O1. The average molecular weight is 413 g/mol. The molecule has 0 bridgehead atoms. The maximum Gasteiger partial charge on any atom is 0.430 e. The van der Waals surface area contributed by atoms with Crippen LogP contribution in [0.3, 0.4) is 0 Å². The number of hydrogen-bond acceptors (Lipinski definition) is 6. The van der Waals surface area contributed by atoms with Gasteiger partial charge < -0.3 is 19.9 Å². The number of esters is 2. The number of aliphatic hydroxyl groups is 1. The van der Waals surface area contributed by atoms with Gasteiger partial charge in [-0.2, -0.15) is 26.3 Å². The normalized spacial score (nSPS) is 17.7. The molecule has 154 valence electrons. The molecule has 0 atom stereocenters. The Morgan fingerprint density at radius 2 is 1.50 bits per heavy atom. The van der Waals surface area contributed by atoms with Gasteiger partial charge in [0, 0.05) is 31.3 Å². The zero-order chi connectivity index (χ0) is 21.5. The highest BCUT2D eigenvalue weighted by Gasteiger charge is 2.71. The zero-order valence-corrected chi connectivity index (χ0v) is 14.2. The van der Waals surface area contributed by atoms with Gasteiger partial charge in [0.2, 0.25) is 0 Å². The summed E-state index contributed by atoms with van der Waals surface area (Å²) in [6.07, 6.45) is -11.4. The Labute approximate surface area is 153 Å². The third-order valence-corrected chi connectivity index (χ3v) is 3.60. The van der Waals surface area contributed by atoms with Crippen molar-refractivity contribution in [3.63, 3.8) is 0 Å². The average Bonchev–Trinajstić information content (AvgIpc) is 2.50. The first kappa shape index (κ1) is 21.5. The van der Waals surface area contributed by atoms with Crippen LogP contribution < -0.4 is 5.32 Å². The molecule has 28 heavy (non-hydrogen) atoms. The molecule has 2 rings (SSSR count). The zero-order valence-electron chi connectivity index (χ0n) is 14.2. The van der Waals surface area contributed by atoms with Gasteiger partial charge >= 0.3 is 24.3 Å². The summed E-state index contributed by atoms with van der Waals surface area (Å²) in [5.41, 5.74) is -7.66. The van der Waals surface area contributed by atoms with Gasteiger partial charge in [-0.3, -0.25) is 0 Å². The van der Waals surface area contributed by atoms with Gasteiger partial charge in [0.1, 0.15) is 0 Å². The molecule has 1 saturated heterocycles. The van der Waals surface area contributed by atoms with Crippen LogP contribution in [0.4, 0.5) is 32.0 Å². The van der Waals surface area contributed by atoms with Crippen LogP contribution in [-0.4, -0.2) is 35.2 Å². The van der Waals surface area contributed by atoms with Crippen molar-refractivity contribution in [3.8, 4) is 0 Å². The summed E-state index contributed by atoms with van der Waals surface area (Å²) in [6, 6.07) is 2.68. The Kier molecular flexibility index (Phi) is 5.15. The van der Waals surface area contributed by atoms with E-state index in [0.29, 0.717) is 18.3 Å². The fourth-order valence-electron chi connectivity index (χ4n) is 2.26. The number of rotatable bonds is 3. The minimum atomic E-state index is -6.05. The minimum absolute atomic E-state index is 0.373. The Morgan fingerprint density at radius 3 is 1.96 bits per heavy atom. The molecule has 0 radical (unpaired) electrons. The maximum absolute atomic E-state index is 12.9. The molecule has 1 aliphatic rings. The fraction of sp³-hybridized carbons (Fsp3) is 0.375. The Balaban J connectivity index is 2.36. The van der Waals surface area contributed by atoms with E-state index in [4.69, 9.17) is 9.47 Å². The molecule has 0 aromatic heterocycles. The van der Waals surface area contributed by atoms with Gasteiger partial charge in [-0.05, 0) is 12.1 Å². The van der Waals surface area contributed by atoms with Crippen LogP contribution in [0.25, 0.3) is 0 Å². The third-order valence-electron chi connectivity index (χ3n) is 3.60. The number of carbonyl (C=O) groups is 2. The van der Waals surface area contributed by atoms with Crippen LogP contribution in [0.15, 0.2) is 36.0 Å². The van der Waals surface area contributed by atoms with Crippen LogP contribution in [0.2, 0.25) is 0 Å². The Morgan fingerprint density at radius 1 is 1.00 bits per heavy atom. The van der Waals surface area contributed by atoms with E-state index in [1.54, 1.807) is 0 Å². The molecule has 1 aliphatic heterocycles. The molecule has 1 heterocycles. The Hall–Kier alpha value is -2.76. The molecule has 12 heteroatoms. The number of carbonyl (C=O) groups excluding carboxylic acids is 2. The number of nitrogens with one attached hydrogen (secondary N) is 1. The monoisotopic (exact) mass is 413 g/mol. The lowest BCUT2D eigenvalue weighted by Gasteiger charge is -2.32. The molecule has 0 amide bonds. The van der Waals surface area contributed by atoms with Gasteiger partial charge in [0.15, 0.2) is 5.57 Å². The summed E-state index contributed by atoms with van der Waals surface area (Å²) in [5, 5.41) is 11.6. The van der Waals surface area contributed by atoms with Gasteiger partial charge in [-0.15, -0.1) is 0 Å². The first-order chi connectivity index (χ1) is 12.6. The standard InChI is InChI=1S/C16H13F6NO5/c1-13(2)27-11(24)10(12(25)28-13)7-23-9-5-3-4-8(6-9)14(26,15(17,18)19)16(20,21)22/h3-7,23,26H,1-2H3. The second kappa shape index (κ2) is 6.69. The lowest BCUT2D eigenvalue weighted by molar-refractivity contribution is -0.376. The van der Waals surface area contributed by atoms with Crippen molar-refractivity contribution in [1.82, 2.24) is 0 Å². The summed E-state index contributed by atoms with van der Waals surface area (Å²) in [6.45, 7) is 2.57. The highest BCUT2D eigenvalue weighted by molar-refractivity contribution is 6.15. The van der Waals surface area contributed by atoms with Crippen molar-refractivity contribution in [1.29, 1.82) is 0 Å². The predicted molar refractivity (Wildman–Crippen MR) is 80.4 cm³/mol. The first-order valence-corrected chi connectivity index (χ1v) is 7.48. The summed E-state index contributed by atoms with van der Waals surface area (Å²) >= 11 is 0. The van der Waals surface area contributed by atoms with Crippen molar-refractivity contribution in [2.24, 2.45) is 0 Å². The maximum atomic E-state index is 12.9. The number of hydrogen-bond donors (Lipinski definition) is 2. The van der Waals surface area contributed by atoms with Crippen LogP contribution >= 0.6 is 0 Å². The minimum Gasteiger partial charge on any atom is -0.419 e. The van der Waals surface area contributed by atoms with Gasteiger partial charge in [-0.25, -0.2) is 9.59 Å². The van der Waals surface area contributed by atoms with E-state index in [1.165, 1.54) is 13.8 Å². The number of cyclic esters (lactones) is 2. The fourth-order valence-corrected chi connectivity index (χ4v) is 2.26. The molecular formula is C16H13F6NO5. The van der Waals surface area contributed by atoms with E-state index in [2.05, 4.69) is 5.32 Å². The van der Waals surface area contributed by atoms with Crippen LogP contribution in [0.1, 0.15) is 19.4 Å². The van der Waals surface area contributed by atoms with Crippen molar-refractivity contribution >= 4 is 17.6 Å². The smallest absolute Gasteiger partial charge is 0.419 e. The van der Waals surface area contributed by atoms with E-state index in [0.717, 1.165) is 12.1 Å². The van der Waals surface area contributed by atoms with Crippen molar-refractivity contribution in [3.05, 3.63) is 41.6 Å². The van der Waals surface area contributed by atoms with Crippen LogP contribution in [0.5, 0.6) is 0 Å². The molecule has 1 aromatic rings. The van der Waals surface area contributed by atoms with Crippen LogP contribution in [0, 0.1) is 0 Å². The second-order valence-corrected chi connectivity index (χ2v) is 6.17. The van der Waals surface area contributed by atoms with Crippen LogP contribution in [-0.2, 0) is 24.7 Å². The van der Waals surface area contributed by atoms with E-state index in [1.807, 2.05) is 0 Å². The number of alkyl halides is 6. The topological polar surface area (TPSA) is 84.9 Å². The summed E-state index contributed by atoms with van der Waals surface area (Å²) in [4.78, 5) is 23.5. The van der Waals surface area contributed by atoms with Crippen molar-refractivity contribution in [2.45, 2.75) is 37.6 Å². The molecule has 1 aromatic carbocycles. The molecule has 2 N–H and O–H groups in total. The largest absolute Gasteiger partial charge is 0.430 e. The number of benzene rings is 1. The molecule has 0 saturated carbocycles. The number of ether oxygens (including phenoxy) is 2.